The van der Waals surface area contributed by atoms with Crippen LogP contribution < -0.4 is 9.62 Å². The second kappa shape index (κ2) is 8.89. The van der Waals surface area contributed by atoms with Gasteiger partial charge in [0, 0.05) is 19.5 Å². The highest BCUT2D eigenvalue weighted by atomic mass is 35.5. The highest BCUT2D eigenvalue weighted by molar-refractivity contribution is 7.92. The van der Waals surface area contributed by atoms with E-state index in [0.717, 1.165) is 17.0 Å². The van der Waals surface area contributed by atoms with Crippen molar-refractivity contribution < 1.29 is 22.7 Å². The molecule has 0 aromatic heterocycles. The number of nitrogens with one attached hydrogen (secondary N) is 1. The molecule has 24 heavy (non-hydrogen) atoms. The minimum atomic E-state index is -3.69. The first kappa shape index (κ1) is 20.2. The van der Waals surface area contributed by atoms with Gasteiger partial charge in [0.2, 0.25) is 15.9 Å². The average Bonchev–Trinajstić information content (AvgIpc) is 2.52. The summed E-state index contributed by atoms with van der Waals surface area (Å²) >= 11 is 6.09. The lowest BCUT2D eigenvalue weighted by Gasteiger charge is -2.23. The van der Waals surface area contributed by atoms with E-state index in [2.05, 4.69) is 10.1 Å². The number of sulfonamides is 1. The summed E-state index contributed by atoms with van der Waals surface area (Å²) in [6, 6.07) is 4.18. The molecule has 1 rings (SSSR count). The SMILES string of the molecule is CCCNC(=O)CCN(c1cc(C(=O)OC)ccc1Cl)S(C)(=O)=O. The van der Waals surface area contributed by atoms with Crippen LogP contribution in [0.2, 0.25) is 5.02 Å². The summed E-state index contributed by atoms with van der Waals surface area (Å²) in [7, 11) is -2.46. The summed E-state index contributed by atoms with van der Waals surface area (Å²) in [4.78, 5) is 23.4. The summed E-state index contributed by atoms with van der Waals surface area (Å²) in [5.41, 5.74) is 0.298. The molecule has 0 radical (unpaired) electrons. The van der Waals surface area contributed by atoms with E-state index in [9.17, 15) is 18.0 Å². The van der Waals surface area contributed by atoms with E-state index in [4.69, 9.17) is 11.6 Å². The van der Waals surface area contributed by atoms with Gasteiger partial charge in [0.1, 0.15) is 0 Å². The van der Waals surface area contributed by atoms with Gasteiger partial charge >= 0.3 is 5.97 Å². The summed E-state index contributed by atoms with van der Waals surface area (Å²) in [5, 5.41) is 2.83. The Morgan fingerprint density at radius 3 is 2.54 bits per heavy atom. The van der Waals surface area contributed by atoms with E-state index < -0.39 is 16.0 Å². The van der Waals surface area contributed by atoms with Gasteiger partial charge in [-0.2, -0.15) is 0 Å². The molecule has 1 aromatic carbocycles. The molecular formula is C15H21ClN2O5S. The second-order valence-corrected chi connectivity index (χ2v) is 7.41. The third kappa shape index (κ3) is 5.68. The molecule has 0 bridgehead atoms. The van der Waals surface area contributed by atoms with Gasteiger partial charge in [-0.1, -0.05) is 18.5 Å². The van der Waals surface area contributed by atoms with Crippen molar-refractivity contribution in [3.63, 3.8) is 0 Å². The average molecular weight is 377 g/mol. The number of methoxy groups -OCH3 is 1. The number of halogens is 1. The molecule has 0 unspecified atom stereocenters. The van der Waals surface area contributed by atoms with Gasteiger partial charge in [0.05, 0.1) is 29.6 Å². The van der Waals surface area contributed by atoms with Crippen molar-refractivity contribution in [2.45, 2.75) is 19.8 Å². The Morgan fingerprint density at radius 1 is 1.33 bits per heavy atom. The fraction of sp³-hybridized carbons (Fsp3) is 0.467. The molecule has 0 heterocycles. The first-order valence-electron chi connectivity index (χ1n) is 7.33. The van der Waals surface area contributed by atoms with Crippen LogP contribution in [-0.4, -0.2) is 46.7 Å². The molecule has 0 fully saturated rings. The van der Waals surface area contributed by atoms with Crippen LogP contribution in [0.3, 0.4) is 0 Å². The summed E-state index contributed by atoms with van der Waals surface area (Å²) in [6.45, 7) is 2.36. The topological polar surface area (TPSA) is 92.8 Å². The molecule has 0 saturated carbocycles. The van der Waals surface area contributed by atoms with Gasteiger partial charge in [-0.25, -0.2) is 13.2 Å². The van der Waals surface area contributed by atoms with Crippen molar-refractivity contribution in [1.29, 1.82) is 0 Å². The van der Waals surface area contributed by atoms with Crippen molar-refractivity contribution >= 4 is 39.2 Å². The number of ether oxygens (including phenoxy) is 1. The van der Waals surface area contributed by atoms with Crippen LogP contribution in [-0.2, 0) is 19.6 Å². The number of nitrogens with zero attached hydrogens (tertiary/aromatic N) is 1. The lowest BCUT2D eigenvalue weighted by molar-refractivity contribution is -0.120. The zero-order chi connectivity index (χ0) is 18.3. The number of hydrogen-bond acceptors (Lipinski definition) is 5. The maximum absolute atomic E-state index is 12.1. The van der Waals surface area contributed by atoms with Crippen LogP contribution in [0.25, 0.3) is 0 Å². The lowest BCUT2D eigenvalue weighted by atomic mass is 10.2. The van der Waals surface area contributed by atoms with E-state index >= 15 is 0 Å². The number of benzene rings is 1. The molecular weight excluding hydrogens is 356 g/mol. The van der Waals surface area contributed by atoms with Crippen LogP contribution in [0.1, 0.15) is 30.1 Å². The van der Waals surface area contributed by atoms with E-state index in [1.165, 1.54) is 25.3 Å². The third-order valence-corrected chi connectivity index (χ3v) is 4.65. The predicted molar refractivity (Wildman–Crippen MR) is 92.9 cm³/mol. The van der Waals surface area contributed by atoms with Gasteiger partial charge in [-0.15, -0.1) is 0 Å². The molecule has 0 atom stereocenters. The molecule has 0 spiro atoms. The van der Waals surface area contributed by atoms with Crippen molar-refractivity contribution in [3.8, 4) is 0 Å². The maximum Gasteiger partial charge on any atom is 0.337 e. The summed E-state index contributed by atoms with van der Waals surface area (Å²) < 4.78 is 29.8. The quantitative estimate of drug-likeness (QED) is 0.698. The van der Waals surface area contributed by atoms with Crippen LogP contribution in [0.4, 0.5) is 5.69 Å². The fourth-order valence-electron chi connectivity index (χ4n) is 1.97. The van der Waals surface area contributed by atoms with E-state index in [1.807, 2.05) is 6.92 Å². The second-order valence-electron chi connectivity index (χ2n) is 5.09. The maximum atomic E-state index is 12.1. The first-order valence-corrected chi connectivity index (χ1v) is 9.55. The monoisotopic (exact) mass is 376 g/mol. The van der Waals surface area contributed by atoms with E-state index in [0.29, 0.717) is 6.54 Å². The zero-order valence-corrected chi connectivity index (χ0v) is 15.4. The molecule has 134 valence electrons. The van der Waals surface area contributed by atoms with Crippen molar-refractivity contribution in [2.75, 3.05) is 30.8 Å². The number of carbonyl (C=O) groups is 2. The zero-order valence-electron chi connectivity index (χ0n) is 13.8. The highest BCUT2D eigenvalue weighted by Crippen LogP contribution is 2.29. The standard InChI is InChI=1S/C15H21ClN2O5S/c1-4-8-17-14(19)7-9-18(24(3,21)22)13-10-11(15(20)23-2)5-6-12(13)16/h5-6,10H,4,7-9H2,1-3H3,(H,17,19). The van der Waals surface area contributed by atoms with Crippen LogP contribution in [0.15, 0.2) is 18.2 Å². The molecule has 9 heteroatoms. The smallest absolute Gasteiger partial charge is 0.337 e. The Kier molecular flexibility index (Phi) is 7.50. The molecule has 0 aliphatic rings. The van der Waals surface area contributed by atoms with E-state index in [1.54, 1.807) is 0 Å². The van der Waals surface area contributed by atoms with Gasteiger partial charge in [-0.3, -0.25) is 9.10 Å². The van der Waals surface area contributed by atoms with Gasteiger partial charge in [0.25, 0.3) is 0 Å². The fourth-order valence-corrected chi connectivity index (χ4v) is 3.17. The Balaban J connectivity index is 3.09. The molecule has 1 aromatic rings. The largest absolute Gasteiger partial charge is 0.465 e. The van der Waals surface area contributed by atoms with Gasteiger partial charge < -0.3 is 10.1 Å². The Morgan fingerprint density at radius 2 is 2.00 bits per heavy atom. The molecule has 0 saturated heterocycles. The molecule has 7 nitrogen and oxygen atoms in total. The summed E-state index contributed by atoms with van der Waals surface area (Å²) in [5.74, 6) is -0.868. The Bertz CT molecular complexity index is 706. The number of carbonyl (C=O) groups excluding carboxylic acids is 2. The molecule has 1 N–H and O–H groups in total. The van der Waals surface area contributed by atoms with Crippen molar-refractivity contribution in [2.24, 2.45) is 0 Å². The van der Waals surface area contributed by atoms with Gasteiger partial charge in [-0.05, 0) is 24.6 Å². The highest BCUT2D eigenvalue weighted by Gasteiger charge is 2.22. The summed E-state index contributed by atoms with van der Waals surface area (Å²) in [6.07, 6.45) is 1.78. The Hall–Kier alpha value is -1.80. The number of amides is 1. The minimum Gasteiger partial charge on any atom is -0.465 e. The van der Waals surface area contributed by atoms with Gasteiger partial charge in [0.15, 0.2) is 0 Å². The molecule has 0 aliphatic heterocycles. The number of esters is 1. The minimum absolute atomic E-state index is 0.0220. The van der Waals surface area contributed by atoms with Crippen LogP contribution >= 0.6 is 11.6 Å². The Labute approximate surface area is 147 Å². The number of rotatable bonds is 8. The van der Waals surface area contributed by atoms with Crippen molar-refractivity contribution in [1.82, 2.24) is 5.32 Å². The number of hydrogen-bond donors (Lipinski definition) is 1. The van der Waals surface area contributed by atoms with Crippen LogP contribution in [0.5, 0.6) is 0 Å². The third-order valence-electron chi connectivity index (χ3n) is 3.15. The normalized spacial score (nSPS) is 11.0. The van der Waals surface area contributed by atoms with E-state index in [-0.39, 0.29) is 35.1 Å². The van der Waals surface area contributed by atoms with Crippen molar-refractivity contribution in [3.05, 3.63) is 28.8 Å². The molecule has 1 amide bonds. The number of anilines is 1. The van der Waals surface area contributed by atoms with Crippen LogP contribution in [0, 0.1) is 0 Å². The lowest BCUT2D eigenvalue weighted by Crippen LogP contribution is -2.35. The predicted octanol–water partition coefficient (Wildman–Crippen LogP) is 1.81. The first-order chi connectivity index (χ1) is 11.2. The molecule has 0 aliphatic carbocycles.